The molecule has 0 saturated heterocycles. The summed E-state index contributed by atoms with van der Waals surface area (Å²) in [6, 6.07) is 13.1. The van der Waals surface area contributed by atoms with Crippen molar-refractivity contribution in [2.45, 2.75) is 12.6 Å². The van der Waals surface area contributed by atoms with Gasteiger partial charge in [-0.3, -0.25) is 0 Å². The summed E-state index contributed by atoms with van der Waals surface area (Å²) < 4.78 is 24.1. The Balaban J connectivity index is 1.42. The van der Waals surface area contributed by atoms with Crippen molar-refractivity contribution in [3.05, 3.63) is 59.9 Å². The topological polar surface area (TPSA) is 59.6 Å². The highest BCUT2D eigenvalue weighted by Crippen LogP contribution is 2.30. The Morgan fingerprint density at radius 2 is 1.83 bits per heavy atom. The van der Waals surface area contributed by atoms with Crippen molar-refractivity contribution >= 4 is 6.03 Å². The quantitative estimate of drug-likeness (QED) is 0.911. The molecule has 2 aromatic carbocycles. The molecule has 2 N–H and O–H groups in total. The lowest BCUT2D eigenvalue weighted by Crippen LogP contribution is -2.44. The normalized spacial score (nSPS) is 15.8. The van der Waals surface area contributed by atoms with E-state index in [-0.39, 0.29) is 18.0 Å². The molecule has 2 amide bonds. The first kappa shape index (κ1) is 15.1. The zero-order chi connectivity index (χ0) is 16.1. The molecular weight excluding hydrogens is 299 g/mol. The van der Waals surface area contributed by atoms with E-state index in [2.05, 4.69) is 10.6 Å². The van der Waals surface area contributed by atoms with Crippen molar-refractivity contribution in [2.24, 2.45) is 0 Å². The molecule has 23 heavy (non-hydrogen) atoms. The number of carbonyl (C=O) groups is 1. The summed E-state index contributed by atoms with van der Waals surface area (Å²) in [5.41, 5.74) is 0.827. The van der Waals surface area contributed by atoms with E-state index in [1.54, 1.807) is 12.1 Å². The first-order valence-corrected chi connectivity index (χ1v) is 7.35. The number of halogens is 1. The number of fused-ring (bicyclic) bond motifs is 1. The fraction of sp³-hybridized carbons (Fsp3) is 0.235. The second kappa shape index (κ2) is 7.00. The number of amides is 2. The molecule has 0 saturated carbocycles. The number of benzene rings is 2. The van der Waals surface area contributed by atoms with Gasteiger partial charge in [-0.05, 0) is 29.8 Å². The molecule has 1 aliphatic heterocycles. The van der Waals surface area contributed by atoms with Crippen molar-refractivity contribution in [1.29, 1.82) is 0 Å². The SMILES string of the molecule is O=C(NCc1ccc(F)cc1)NC[C@@H]1COc2ccccc2O1. The smallest absolute Gasteiger partial charge is 0.315 e. The monoisotopic (exact) mass is 316 g/mol. The molecule has 5 nitrogen and oxygen atoms in total. The Hall–Kier alpha value is -2.76. The molecule has 0 fully saturated rings. The van der Waals surface area contributed by atoms with Crippen LogP contribution in [0.3, 0.4) is 0 Å². The molecule has 0 bridgehead atoms. The van der Waals surface area contributed by atoms with Crippen LogP contribution in [-0.2, 0) is 6.54 Å². The number of para-hydroxylation sites is 2. The molecule has 0 aliphatic carbocycles. The zero-order valence-corrected chi connectivity index (χ0v) is 12.4. The molecule has 0 radical (unpaired) electrons. The van der Waals surface area contributed by atoms with E-state index >= 15 is 0 Å². The summed E-state index contributed by atoms with van der Waals surface area (Å²) in [5.74, 6) is 1.09. The Bertz CT molecular complexity index is 676. The van der Waals surface area contributed by atoms with E-state index in [1.807, 2.05) is 24.3 Å². The van der Waals surface area contributed by atoms with Crippen LogP contribution in [0.2, 0.25) is 0 Å². The maximum atomic E-state index is 12.8. The van der Waals surface area contributed by atoms with Crippen molar-refractivity contribution in [2.75, 3.05) is 13.2 Å². The van der Waals surface area contributed by atoms with E-state index in [0.717, 1.165) is 5.56 Å². The third-order valence-electron chi connectivity index (χ3n) is 3.42. The maximum Gasteiger partial charge on any atom is 0.315 e. The standard InChI is InChI=1S/C17H17FN2O3/c18-13-7-5-12(6-8-13)9-19-17(21)20-10-14-11-22-15-3-1-2-4-16(15)23-14/h1-8,14H,9-11H2,(H2,19,20,21)/t14-/m1/s1. The van der Waals surface area contributed by atoms with Crippen molar-refractivity contribution in [3.63, 3.8) is 0 Å². The van der Waals surface area contributed by atoms with Crippen molar-refractivity contribution in [1.82, 2.24) is 10.6 Å². The lowest BCUT2D eigenvalue weighted by Gasteiger charge is -2.26. The van der Waals surface area contributed by atoms with Gasteiger partial charge in [0.2, 0.25) is 0 Å². The maximum absolute atomic E-state index is 12.8. The average Bonchev–Trinajstić information content (AvgIpc) is 2.59. The van der Waals surface area contributed by atoms with Gasteiger partial charge in [0.05, 0.1) is 6.54 Å². The van der Waals surface area contributed by atoms with Crippen LogP contribution >= 0.6 is 0 Å². The van der Waals surface area contributed by atoms with E-state index in [1.165, 1.54) is 12.1 Å². The van der Waals surface area contributed by atoms with Crippen LogP contribution in [0.4, 0.5) is 9.18 Å². The molecule has 6 heteroatoms. The summed E-state index contributed by atoms with van der Waals surface area (Å²) in [6.07, 6.45) is -0.235. The minimum atomic E-state index is -0.309. The highest BCUT2D eigenvalue weighted by molar-refractivity contribution is 5.73. The summed E-state index contributed by atoms with van der Waals surface area (Å²) in [5, 5.41) is 5.44. The van der Waals surface area contributed by atoms with Crippen molar-refractivity contribution in [3.8, 4) is 11.5 Å². The molecule has 1 atom stereocenters. The van der Waals surface area contributed by atoms with Gasteiger partial charge < -0.3 is 20.1 Å². The van der Waals surface area contributed by atoms with Gasteiger partial charge in [0.25, 0.3) is 0 Å². The van der Waals surface area contributed by atoms with Gasteiger partial charge in [-0.15, -0.1) is 0 Å². The molecular formula is C17H17FN2O3. The summed E-state index contributed by atoms with van der Waals surface area (Å²) in [6.45, 7) is 1.05. The van der Waals surface area contributed by atoms with Gasteiger partial charge in [-0.1, -0.05) is 24.3 Å². The fourth-order valence-electron chi connectivity index (χ4n) is 2.22. The van der Waals surface area contributed by atoms with Crippen LogP contribution in [0.5, 0.6) is 11.5 Å². The van der Waals surface area contributed by atoms with E-state index < -0.39 is 0 Å². The van der Waals surface area contributed by atoms with Crippen LogP contribution in [0.25, 0.3) is 0 Å². The molecule has 0 aromatic heterocycles. The third-order valence-corrected chi connectivity index (χ3v) is 3.42. The molecule has 0 spiro atoms. The zero-order valence-electron chi connectivity index (χ0n) is 12.4. The highest BCUT2D eigenvalue weighted by Gasteiger charge is 2.20. The number of hydrogen-bond donors (Lipinski definition) is 2. The van der Waals surface area contributed by atoms with Gasteiger partial charge in [0.1, 0.15) is 12.4 Å². The second-order valence-electron chi connectivity index (χ2n) is 5.19. The summed E-state index contributed by atoms with van der Waals surface area (Å²) >= 11 is 0. The van der Waals surface area contributed by atoms with Crippen LogP contribution in [0, 0.1) is 5.82 Å². The summed E-state index contributed by atoms with van der Waals surface area (Å²) in [4.78, 5) is 11.8. The minimum absolute atomic E-state index is 0.235. The molecule has 120 valence electrons. The molecule has 3 rings (SSSR count). The molecule has 2 aromatic rings. The van der Waals surface area contributed by atoms with Crippen LogP contribution in [-0.4, -0.2) is 25.3 Å². The molecule has 1 heterocycles. The Labute approximate surface area is 133 Å². The molecule has 0 unspecified atom stereocenters. The third kappa shape index (κ3) is 4.12. The van der Waals surface area contributed by atoms with Gasteiger partial charge in [-0.2, -0.15) is 0 Å². The van der Waals surface area contributed by atoms with Crippen LogP contribution in [0.1, 0.15) is 5.56 Å². The first-order chi connectivity index (χ1) is 11.2. The van der Waals surface area contributed by atoms with Gasteiger partial charge in [0, 0.05) is 6.54 Å². The van der Waals surface area contributed by atoms with E-state index in [0.29, 0.717) is 31.2 Å². The molecule has 1 aliphatic rings. The lowest BCUT2D eigenvalue weighted by molar-refractivity contribution is 0.0918. The average molecular weight is 316 g/mol. The van der Waals surface area contributed by atoms with Gasteiger partial charge in [0.15, 0.2) is 17.6 Å². The van der Waals surface area contributed by atoms with Gasteiger partial charge in [-0.25, -0.2) is 9.18 Å². The predicted molar refractivity (Wildman–Crippen MR) is 83.0 cm³/mol. The van der Waals surface area contributed by atoms with Crippen LogP contribution < -0.4 is 20.1 Å². The Morgan fingerprint density at radius 3 is 2.61 bits per heavy atom. The number of carbonyl (C=O) groups excluding carboxylic acids is 1. The Morgan fingerprint density at radius 1 is 1.09 bits per heavy atom. The number of rotatable bonds is 4. The highest BCUT2D eigenvalue weighted by atomic mass is 19.1. The number of ether oxygens (including phenoxy) is 2. The minimum Gasteiger partial charge on any atom is -0.486 e. The number of hydrogen-bond acceptors (Lipinski definition) is 3. The Kier molecular flexibility index (Phi) is 4.61. The summed E-state index contributed by atoms with van der Waals surface area (Å²) in [7, 11) is 0. The van der Waals surface area contributed by atoms with E-state index in [4.69, 9.17) is 9.47 Å². The van der Waals surface area contributed by atoms with Crippen molar-refractivity contribution < 1.29 is 18.7 Å². The fourth-order valence-corrected chi connectivity index (χ4v) is 2.22. The first-order valence-electron chi connectivity index (χ1n) is 7.35. The lowest BCUT2D eigenvalue weighted by atomic mass is 10.2. The van der Waals surface area contributed by atoms with E-state index in [9.17, 15) is 9.18 Å². The largest absolute Gasteiger partial charge is 0.486 e. The number of nitrogens with one attached hydrogen (secondary N) is 2. The number of urea groups is 1. The second-order valence-corrected chi connectivity index (χ2v) is 5.19. The predicted octanol–water partition coefficient (Wildman–Crippen LogP) is 2.46. The van der Waals surface area contributed by atoms with Crippen LogP contribution in [0.15, 0.2) is 48.5 Å². The van der Waals surface area contributed by atoms with Gasteiger partial charge >= 0.3 is 6.03 Å².